The van der Waals surface area contributed by atoms with Crippen LogP contribution in [0.1, 0.15) is 18.4 Å². The molecule has 2 heterocycles. The van der Waals surface area contributed by atoms with Gasteiger partial charge in [-0.15, -0.1) is 0 Å². The lowest BCUT2D eigenvalue weighted by Gasteiger charge is -2.10. The summed E-state index contributed by atoms with van der Waals surface area (Å²) in [5.74, 6) is 0. The summed E-state index contributed by atoms with van der Waals surface area (Å²) in [5.41, 5.74) is 1.06. The minimum atomic E-state index is 0.553. The molecule has 1 aromatic rings. The van der Waals surface area contributed by atoms with Crippen LogP contribution in [0.15, 0.2) is 6.20 Å². The lowest BCUT2D eigenvalue weighted by atomic mass is 10.2. The van der Waals surface area contributed by atoms with Crippen molar-refractivity contribution < 1.29 is 0 Å². The van der Waals surface area contributed by atoms with Gasteiger partial charge in [-0.2, -0.15) is 5.10 Å². The second-order valence-corrected chi connectivity index (χ2v) is 3.95. The van der Waals surface area contributed by atoms with Crippen molar-refractivity contribution in [3.63, 3.8) is 0 Å². The fourth-order valence-corrected chi connectivity index (χ4v) is 1.87. The molecule has 2 rings (SSSR count). The van der Waals surface area contributed by atoms with Gasteiger partial charge in [0.15, 0.2) is 0 Å². The highest BCUT2D eigenvalue weighted by molar-refractivity contribution is 6.30. The predicted molar refractivity (Wildman–Crippen MR) is 53.0 cm³/mol. The molecule has 4 heteroatoms. The van der Waals surface area contributed by atoms with Gasteiger partial charge in [0.25, 0.3) is 0 Å². The molecule has 0 radical (unpaired) electrons. The standard InChI is InChI=1S/C9H14ClN3/c1-7-5-12-13(9(7)10)6-8-3-2-4-11-8/h5,8,11H,2-4,6H2,1H3. The molecule has 1 aliphatic rings. The van der Waals surface area contributed by atoms with Crippen LogP contribution in [0.4, 0.5) is 0 Å². The molecule has 0 saturated carbocycles. The highest BCUT2D eigenvalue weighted by atomic mass is 35.5. The van der Waals surface area contributed by atoms with E-state index < -0.39 is 0 Å². The van der Waals surface area contributed by atoms with Crippen molar-refractivity contribution >= 4 is 11.6 Å². The van der Waals surface area contributed by atoms with E-state index in [1.54, 1.807) is 0 Å². The van der Waals surface area contributed by atoms with E-state index >= 15 is 0 Å². The van der Waals surface area contributed by atoms with Crippen LogP contribution in [0.2, 0.25) is 5.15 Å². The number of halogens is 1. The zero-order valence-electron chi connectivity index (χ0n) is 7.76. The normalized spacial score (nSPS) is 22.5. The van der Waals surface area contributed by atoms with Crippen LogP contribution < -0.4 is 5.32 Å². The van der Waals surface area contributed by atoms with E-state index in [1.807, 2.05) is 17.8 Å². The molecular weight excluding hydrogens is 186 g/mol. The lowest BCUT2D eigenvalue weighted by molar-refractivity contribution is 0.476. The SMILES string of the molecule is Cc1cnn(CC2CCCN2)c1Cl. The van der Waals surface area contributed by atoms with Crippen molar-refractivity contribution in [3.8, 4) is 0 Å². The van der Waals surface area contributed by atoms with Crippen molar-refractivity contribution in [2.24, 2.45) is 0 Å². The first-order valence-electron chi connectivity index (χ1n) is 4.68. The fraction of sp³-hybridized carbons (Fsp3) is 0.667. The Balaban J connectivity index is 2.04. The van der Waals surface area contributed by atoms with E-state index in [0.29, 0.717) is 6.04 Å². The smallest absolute Gasteiger partial charge is 0.129 e. The predicted octanol–water partition coefficient (Wildman–Crippen LogP) is 1.60. The maximum Gasteiger partial charge on any atom is 0.129 e. The Morgan fingerprint density at radius 1 is 1.77 bits per heavy atom. The van der Waals surface area contributed by atoms with Gasteiger partial charge in [0.1, 0.15) is 5.15 Å². The molecule has 1 fully saturated rings. The van der Waals surface area contributed by atoms with Crippen molar-refractivity contribution in [1.29, 1.82) is 0 Å². The summed E-state index contributed by atoms with van der Waals surface area (Å²) >= 11 is 6.06. The quantitative estimate of drug-likeness (QED) is 0.784. The molecule has 1 atom stereocenters. The molecule has 3 nitrogen and oxygen atoms in total. The van der Waals surface area contributed by atoms with E-state index in [-0.39, 0.29) is 0 Å². The minimum Gasteiger partial charge on any atom is -0.312 e. The van der Waals surface area contributed by atoms with Crippen LogP contribution in [0.25, 0.3) is 0 Å². The summed E-state index contributed by atoms with van der Waals surface area (Å²) in [4.78, 5) is 0. The van der Waals surface area contributed by atoms with Crippen LogP contribution in [-0.2, 0) is 6.54 Å². The Labute approximate surface area is 83.1 Å². The third kappa shape index (κ3) is 1.86. The maximum absolute atomic E-state index is 6.06. The van der Waals surface area contributed by atoms with Gasteiger partial charge in [0, 0.05) is 11.6 Å². The van der Waals surface area contributed by atoms with Crippen LogP contribution in [0, 0.1) is 6.92 Å². The van der Waals surface area contributed by atoms with E-state index in [2.05, 4.69) is 10.4 Å². The van der Waals surface area contributed by atoms with Crippen molar-refractivity contribution in [1.82, 2.24) is 15.1 Å². The Bertz CT molecular complexity index is 289. The Morgan fingerprint density at radius 2 is 2.62 bits per heavy atom. The zero-order chi connectivity index (χ0) is 9.26. The average Bonchev–Trinajstić information content (AvgIpc) is 2.71. The van der Waals surface area contributed by atoms with Gasteiger partial charge in [-0.1, -0.05) is 11.6 Å². The Hall–Kier alpha value is -0.540. The largest absolute Gasteiger partial charge is 0.312 e. The molecule has 1 aliphatic heterocycles. The summed E-state index contributed by atoms with van der Waals surface area (Å²) in [7, 11) is 0. The maximum atomic E-state index is 6.06. The molecular formula is C9H14ClN3. The zero-order valence-corrected chi connectivity index (χ0v) is 8.51. The molecule has 72 valence electrons. The molecule has 0 aromatic carbocycles. The monoisotopic (exact) mass is 199 g/mol. The van der Waals surface area contributed by atoms with Gasteiger partial charge >= 0.3 is 0 Å². The molecule has 13 heavy (non-hydrogen) atoms. The Kier molecular flexibility index (Phi) is 2.56. The van der Waals surface area contributed by atoms with Gasteiger partial charge in [0.05, 0.1) is 12.7 Å². The molecule has 0 spiro atoms. The molecule has 1 unspecified atom stereocenters. The first kappa shape index (κ1) is 9.03. The molecule has 1 N–H and O–H groups in total. The first-order chi connectivity index (χ1) is 6.27. The van der Waals surface area contributed by atoms with Crippen molar-refractivity contribution in [3.05, 3.63) is 16.9 Å². The van der Waals surface area contributed by atoms with Crippen molar-refractivity contribution in [2.75, 3.05) is 6.54 Å². The highest BCUT2D eigenvalue weighted by Gasteiger charge is 2.16. The second kappa shape index (κ2) is 3.68. The molecule has 1 aromatic heterocycles. The van der Waals surface area contributed by atoms with E-state index in [1.165, 1.54) is 12.8 Å². The topological polar surface area (TPSA) is 29.9 Å². The molecule has 0 amide bonds. The molecule has 0 aliphatic carbocycles. The van der Waals surface area contributed by atoms with E-state index in [4.69, 9.17) is 11.6 Å². The van der Waals surface area contributed by atoms with Gasteiger partial charge in [-0.3, -0.25) is 4.68 Å². The summed E-state index contributed by atoms with van der Waals surface area (Å²) in [6.07, 6.45) is 4.31. The highest BCUT2D eigenvalue weighted by Crippen LogP contribution is 2.16. The van der Waals surface area contributed by atoms with Crippen LogP contribution >= 0.6 is 11.6 Å². The van der Waals surface area contributed by atoms with Gasteiger partial charge in [-0.05, 0) is 26.3 Å². The minimum absolute atomic E-state index is 0.553. The van der Waals surface area contributed by atoms with Crippen LogP contribution in [0.5, 0.6) is 0 Å². The summed E-state index contributed by atoms with van der Waals surface area (Å²) < 4.78 is 1.87. The number of hydrogen-bond acceptors (Lipinski definition) is 2. The number of nitrogens with zero attached hydrogens (tertiary/aromatic N) is 2. The van der Waals surface area contributed by atoms with E-state index in [9.17, 15) is 0 Å². The number of rotatable bonds is 2. The average molecular weight is 200 g/mol. The number of aromatic nitrogens is 2. The molecule has 1 saturated heterocycles. The lowest BCUT2D eigenvalue weighted by Crippen LogP contribution is -2.27. The molecule has 0 bridgehead atoms. The van der Waals surface area contributed by atoms with Crippen LogP contribution in [0.3, 0.4) is 0 Å². The van der Waals surface area contributed by atoms with Crippen molar-refractivity contribution in [2.45, 2.75) is 32.4 Å². The first-order valence-corrected chi connectivity index (χ1v) is 5.06. The van der Waals surface area contributed by atoms with Gasteiger partial charge in [0.2, 0.25) is 0 Å². The fourth-order valence-electron chi connectivity index (χ4n) is 1.71. The summed E-state index contributed by atoms with van der Waals surface area (Å²) in [6.45, 7) is 4.00. The summed E-state index contributed by atoms with van der Waals surface area (Å²) in [5, 5.41) is 8.42. The van der Waals surface area contributed by atoms with Crippen LogP contribution in [-0.4, -0.2) is 22.4 Å². The number of hydrogen-bond donors (Lipinski definition) is 1. The summed E-state index contributed by atoms with van der Waals surface area (Å²) in [6, 6.07) is 0.553. The Morgan fingerprint density at radius 3 is 3.15 bits per heavy atom. The van der Waals surface area contributed by atoms with E-state index in [0.717, 1.165) is 23.8 Å². The third-order valence-corrected chi connectivity index (χ3v) is 2.99. The third-order valence-electron chi connectivity index (χ3n) is 2.50. The van der Waals surface area contributed by atoms with Gasteiger partial charge < -0.3 is 5.32 Å². The second-order valence-electron chi connectivity index (χ2n) is 3.59. The number of aryl methyl sites for hydroxylation is 1. The number of nitrogens with one attached hydrogen (secondary N) is 1. The van der Waals surface area contributed by atoms with Gasteiger partial charge in [-0.25, -0.2) is 0 Å².